The van der Waals surface area contributed by atoms with Crippen molar-refractivity contribution in [2.24, 2.45) is 0 Å². The fourth-order valence-electron chi connectivity index (χ4n) is 2.98. The number of hydrogen-bond acceptors (Lipinski definition) is 7. The number of anilines is 1. The van der Waals surface area contributed by atoms with Crippen LogP contribution in [0.15, 0.2) is 34.9 Å². The second-order valence-electron chi connectivity index (χ2n) is 6.95. The van der Waals surface area contributed by atoms with Crippen LogP contribution in [-0.4, -0.2) is 90.1 Å². The lowest BCUT2D eigenvalue weighted by Crippen LogP contribution is -2.50. The normalized spacial score (nSPS) is 14.4. The molecule has 0 unspecified atom stereocenters. The van der Waals surface area contributed by atoms with Gasteiger partial charge in [0.2, 0.25) is 0 Å². The van der Waals surface area contributed by atoms with Gasteiger partial charge in [0.05, 0.1) is 6.26 Å². The molecule has 0 spiro atoms. The molecule has 2 aromatic heterocycles. The number of carbonyl (C=O) groups is 2. The Morgan fingerprint density at radius 1 is 1.07 bits per heavy atom. The van der Waals surface area contributed by atoms with E-state index in [0.717, 1.165) is 19.5 Å². The van der Waals surface area contributed by atoms with Gasteiger partial charge >= 0.3 is 0 Å². The Morgan fingerprint density at radius 2 is 1.79 bits per heavy atom. The fraction of sp³-hybridized carbons (Fsp3) is 0.474. The molecule has 0 aromatic carbocycles. The standard InChI is InChI=1S/C19H26N6O3/c1-23(2)9-4-8-20-17-7-6-15(21-22-17)18(26)24-10-12-25(13-11-24)19(27)16-5-3-14-28-16/h3,5-7,14H,4,8-13H2,1-2H3,(H,20,22). The average Bonchev–Trinajstić information content (AvgIpc) is 3.25. The van der Waals surface area contributed by atoms with E-state index in [0.29, 0.717) is 43.5 Å². The zero-order chi connectivity index (χ0) is 19.9. The smallest absolute Gasteiger partial charge is 0.289 e. The molecular formula is C19H26N6O3. The molecule has 9 nitrogen and oxygen atoms in total. The average molecular weight is 386 g/mol. The van der Waals surface area contributed by atoms with Gasteiger partial charge in [0.1, 0.15) is 5.82 Å². The van der Waals surface area contributed by atoms with Crippen LogP contribution >= 0.6 is 0 Å². The molecule has 1 saturated heterocycles. The third-order valence-corrected chi connectivity index (χ3v) is 4.56. The van der Waals surface area contributed by atoms with Crippen molar-refractivity contribution in [2.45, 2.75) is 6.42 Å². The zero-order valence-corrected chi connectivity index (χ0v) is 16.3. The molecule has 28 heavy (non-hydrogen) atoms. The lowest BCUT2D eigenvalue weighted by atomic mass is 10.2. The predicted octanol–water partition coefficient (Wildman–Crippen LogP) is 1.03. The lowest BCUT2D eigenvalue weighted by molar-refractivity contribution is 0.0514. The van der Waals surface area contributed by atoms with Crippen molar-refractivity contribution < 1.29 is 14.0 Å². The first kappa shape index (κ1) is 19.8. The first-order chi connectivity index (χ1) is 13.5. The maximum Gasteiger partial charge on any atom is 0.289 e. The van der Waals surface area contributed by atoms with Crippen LogP contribution in [0, 0.1) is 0 Å². The predicted molar refractivity (Wildman–Crippen MR) is 104 cm³/mol. The largest absolute Gasteiger partial charge is 0.459 e. The molecule has 2 amide bonds. The first-order valence-corrected chi connectivity index (χ1v) is 9.39. The number of carbonyl (C=O) groups excluding carboxylic acids is 2. The number of rotatable bonds is 7. The number of nitrogens with zero attached hydrogens (tertiary/aromatic N) is 5. The minimum atomic E-state index is -0.170. The van der Waals surface area contributed by atoms with E-state index in [4.69, 9.17) is 4.42 Å². The second kappa shape index (κ2) is 9.32. The number of furan rings is 1. The summed E-state index contributed by atoms with van der Waals surface area (Å²) < 4.78 is 5.15. The summed E-state index contributed by atoms with van der Waals surface area (Å²) in [5.41, 5.74) is 0.310. The molecular weight excluding hydrogens is 360 g/mol. The van der Waals surface area contributed by atoms with Crippen LogP contribution in [-0.2, 0) is 0 Å². The Morgan fingerprint density at radius 3 is 2.36 bits per heavy atom. The molecule has 150 valence electrons. The molecule has 1 aliphatic rings. The third-order valence-electron chi connectivity index (χ3n) is 4.56. The molecule has 1 fully saturated rings. The fourth-order valence-corrected chi connectivity index (χ4v) is 2.98. The summed E-state index contributed by atoms with van der Waals surface area (Å²) in [6.07, 6.45) is 2.48. The lowest BCUT2D eigenvalue weighted by Gasteiger charge is -2.34. The van der Waals surface area contributed by atoms with Crippen molar-refractivity contribution in [1.82, 2.24) is 24.9 Å². The second-order valence-corrected chi connectivity index (χ2v) is 6.95. The van der Waals surface area contributed by atoms with Crippen molar-refractivity contribution in [3.8, 4) is 0 Å². The summed E-state index contributed by atoms with van der Waals surface area (Å²) in [6.45, 7) is 3.63. The van der Waals surface area contributed by atoms with Gasteiger partial charge in [-0.25, -0.2) is 0 Å². The molecule has 0 saturated carbocycles. The number of aromatic nitrogens is 2. The van der Waals surface area contributed by atoms with Gasteiger partial charge in [0, 0.05) is 32.7 Å². The highest BCUT2D eigenvalue weighted by atomic mass is 16.3. The van der Waals surface area contributed by atoms with Crippen LogP contribution in [0.4, 0.5) is 5.82 Å². The molecule has 9 heteroatoms. The van der Waals surface area contributed by atoms with E-state index >= 15 is 0 Å². The molecule has 0 radical (unpaired) electrons. The summed E-state index contributed by atoms with van der Waals surface area (Å²) in [4.78, 5) is 30.4. The van der Waals surface area contributed by atoms with Gasteiger partial charge in [-0.15, -0.1) is 10.2 Å². The van der Waals surface area contributed by atoms with Crippen molar-refractivity contribution in [3.05, 3.63) is 42.0 Å². The van der Waals surface area contributed by atoms with Gasteiger partial charge in [-0.1, -0.05) is 0 Å². The minimum absolute atomic E-state index is 0.151. The first-order valence-electron chi connectivity index (χ1n) is 9.39. The summed E-state index contributed by atoms with van der Waals surface area (Å²) in [5.74, 6) is 0.654. The van der Waals surface area contributed by atoms with Crippen LogP contribution in [0.5, 0.6) is 0 Å². The van der Waals surface area contributed by atoms with Gasteiger partial charge < -0.3 is 24.4 Å². The number of hydrogen-bond donors (Lipinski definition) is 1. The summed E-state index contributed by atoms with van der Waals surface area (Å²) in [7, 11) is 4.07. The highest BCUT2D eigenvalue weighted by Gasteiger charge is 2.27. The summed E-state index contributed by atoms with van der Waals surface area (Å²) in [5, 5.41) is 11.3. The van der Waals surface area contributed by atoms with E-state index < -0.39 is 0 Å². The van der Waals surface area contributed by atoms with Gasteiger partial charge in [-0.05, 0) is 51.3 Å². The van der Waals surface area contributed by atoms with Gasteiger partial charge in [0.15, 0.2) is 11.5 Å². The molecule has 0 aliphatic carbocycles. The van der Waals surface area contributed by atoms with Crippen molar-refractivity contribution in [3.63, 3.8) is 0 Å². The van der Waals surface area contributed by atoms with Crippen LogP contribution in [0.25, 0.3) is 0 Å². The minimum Gasteiger partial charge on any atom is -0.459 e. The van der Waals surface area contributed by atoms with E-state index in [1.807, 2.05) is 14.1 Å². The van der Waals surface area contributed by atoms with E-state index in [2.05, 4.69) is 20.4 Å². The zero-order valence-electron chi connectivity index (χ0n) is 16.3. The van der Waals surface area contributed by atoms with Crippen molar-refractivity contribution in [2.75, 3.05) is 58.7 Å². The van der Waals surface area contributed by atoms with Gasteiger partial charge in [0.25, 0.3) is 11.8 Å². The molecule has 0 atom stereocenters. The Hall–Kier alpha value is -2.94. The van der Waals surface area contributed by atoms with E-state index in [1.165, 1.54) is 6.26 Å². The highest BCUT2D eigenvalue weighted by Crippen LogP contribution is 2.12. The third kappa shape index (κ3) is 5.07. The highest BCUT2D eigenvalue weighted by molar-refractivity contribution is 5.93. The number of nitrogens with one attached hydrogen (secondary N) is 1. The molecule has 1 aliphatic heterocycles. The Kier molecular flexibility index (Phi) is 6.59. The maximum absolute atomic E-state index is 12.6. The molecule has 0 bridgehead atoms. The Labute approximate surface area is 164 Å². The van der Waals surface area contributed by atoms with Crippen LogP contribution in [0.1, 0.15) is 27.5 Å². The monoisotopic (exact) mass is 386 g/mol. The van der Waals surface area contributed by atoms with Crippen LogP contribution < -0.4 is 5.32 Å². The Balaban J connectivity index is 1.47. The van der Waals surface area contributed by atoms with Gasteiger partial charge in [-0.3, -0.25) is 9.59 Å². The molecule has 3 heterocycles. The van der Waals surface area contributed by atoms with E-state index in [9.17, 15) is 9.59 Å². The summed E-state index contributed by atoms with van der Waals surface area (Å²) in [6, 6.07) is 6.79. The number of amides is 2. The topological polar surface area (TPSA) is 94.8 Å². The van der Waals surface area contributed by atoms with Crippen LogP contribution in [0.2, 0.25) is 0 Å². The van der Waals surface area contributed by atoms with Crippen molar-refractivity contribution in [1.29, 1.82) is 0 Å². The van der Waals surface area contributed by atoms with Gasteiger partial charge in [-0.2, -0.15) is 0 Å². The SMILES string of the molecule is CN(C)CCCNc1ccc(C(=O)N2CCN(C(=O)c3ccco3)CC2)nn1. The molecule has 2 aromatic rings. The van der Waals surface area contributed by atoms with E-state index in [1.54, 1.807) is 34.1 Å². The van der Waals surface area contributed by atoms with Crippen LogP contribution in [0.3, 0.4) is 0 Å². The number of piperazine rings is 1. The van der Waals surface area contributed by atoms with E-state index in [-0.39, 0.29) is 11.8 Å². The van der Waals surface area contributed by atoms with Crippen molar-refractivity contribution >= 4 is 17.6 Å². The maximum atomic E-state index is 12.6. The quantitative estimate of drug-likeness (QED) is 0.710. The Bertz CT molecular complexity index is 767. The molecule has 3 rings (SSSR count). The summed E-state index contributed by atoms with van der Waals surface area (Å²) >= 11 is 0. The molecule has 1 N–H and O–H groups in total.